The van der Waals surface area contributed by atoms with Crippen molar-refractivity contribution in [3.63, 3.8) is 0 Å². The van der Waals surface area contributed by atoms with Gasteiger partial charge in [-0.3, -0.25) is 0 Å². The molecule has 0 spiro atoms. The molecular formula is C16H25NO. The van der Waals surface area contributed by atoms with Crippen LogP contribution in [-0.4, -0.2) is 26.8 Å². The van der Waals surface area contributed by atoms with Crippen LogP contribution in [0.3, 0.4) is 0 Å². The Morgan fingerprint density at radius 1 is 1.39 bits per heavy atom. The molecule has 0 saturated heterocycles. The zero-order chi connectivity index (χ0) is 13.4. The SMILES string of the molecule is COCCNCC(=Cc1cccc(C)c1)C(C)C. The normalized spacial score (nSPS) is 12.2. The number of nitrogens with one attached hydrogen (secondary N) is 1. The first-order valence-corrected chi connectivity index (χ1v) is 6.60. The van der Waals surface area contributed by atoms with Crippen molar-refractivity contribution < 1.29 is 4.74 Å². The van der Waals surface area contributed by atoms with Gasteiger partial charge in [0.25, 0.3) is 0 Å². The summed E-state index contributed by atoms with van der Waals surface area (Å²) in [6, 6.07) is 8.61. The van der Waals surface area contributed by atoms with Crippen LogP contribution in [0.2, 0.25) is 0 Å². The molecule has 2 heteroatoms. The average Bonchev–Trinajstić information content (AvgIpc) is 2.33. The smallest absolute Gasteiger partial charge is 0.0587 e. The molecule has 0 aliphatic heterocycles. The third kappa shape index (κ3) is 5.48. The van der Waals surface area contributed by atoms with E-state index in [1.165, 1.54) is 16.7 Å². The second kappa shape index (κ2) is 8.06. The lowest BCUT2D eigenvalue weighted by Gasteiger charge is -2.13. The van der Waals surface area contributed by atoms with Gasteiger partial charge in [-0.15, -0.1) is 0 Å². The largest absolute Gasteiger partial charge is 0.383 e. The lowest BCUT2D eigenvalue weighted by Crippen LogP contribution is -2.23. The van der Waals surface area contributed by atoms with Crippen molar-refractivity contribution in [1.82, 2.24) is 5.32 Å². The molecule has 0 atom stereocenters. The van der Waals surface area contributed by atoms with E-state index in [1.807, 2.05) is 0 Å². The van der Waals surface area contributed by atoms with Gasteiger partial charge in [0.1, 0.15) is 0 Å². The number of hydrogen-bond acceptors (Lipinski definition) is 2. The van der Waals surface area contributed by atoms with Crippen LogP contribution in [0.15, 0.2) is 29.8 Å². The summed E-state index contributed by atoms with van der Waals surface area (Å²) in [7, 11) is 1.73. The number of benzene rings is 1. The molecule has 2 nitrogen and oxygen atoms in total. The van der Waals surface area contributed by atoms with Gasteiger partial charge in [0.05, 0.1) is 6.61 Å². The maximum Gasteiger partial charge on any atom is 0.0587 e. The fourth-order valence-electron chi connectivity index (χ4n) is 1.80. The Bertz CT molecular complexity index is 382. The van der Waals surface area contributed by atoms with Gasteiger partial charge in [-0.2, -0.15) is 0 Å². The minimum Gasteiger partial charge on any atom is -0.383 e. The zero-order valence-corrected chi connectivity index (χ0v) is 12.0. The maximum absolute atomic E-state index is 5.04. The van der Waals surface area contributed by atoms with E-state index < -0.39 is 0 Å². The Morgan fingerprint density at radius 3 is 2.78 bits per heavy atom. The fraction of sp³-hybridized carbons (Fsp3) is 0.500. The molecule has 18 heavy (non-hydrogen) atoms. The lowest BCUT2D eigenvalue weighted by molar-refractivity contribution is 0.200. The summed E-state index contributed by atoms with van der Waals surface area (Å²) >= 11 is 0. The van der Waals surface area contributed by atoms with Crippen LogP contribution >= 0.6 is 0 Å². The van der Waals surface area contributed by atoms with Gasteiger partial charge < -0.3 is 10.1 Å². The Balaban J connectivity index is 2.66. The summed E-state index contributed by atoms with van der Waals surface area (Å²) in [5, 5.41) is 3.41. The first-order chi connectivity index (χ1) is 8.63. The third-order valence-corrected chi connectivity index (χ3v) is 2.95. The molecule has 0 radical (unpaired) electrons. The Morgan fingerprint density at radius 2 is 2.17 bits per heavy atom. The first kappa shape index (κ1) is 14.9. The lowest BCUT2D eigenvalue weighted by atomic mass is 9.99. The van der Waals surface area contributed by atoms with Gasteiger partial charge >= 0.3 is 0 Å². The molecule has 0 unspecified atom stereocenters. The van der Waals surface area contributed by atoms with Gasteiger partial charge in [-0.1, -0.05) is 55.3 Å². The predicted molar refractivity (Wildman–Crippen MR) is 78.7 cm³/mol. The van der Waals surface area contributed by atoms with Crippen molar-refractivity contribution in [3.05, 3.63) is 41.0 Å². The van der Waals surface area contributed by atoms with E-state index in [-0.39, 0.29) is 0 Å². The summed E-state index contributed by atoms with van der Waals surface area (Å²) in [5.41, 5.74) is 4.02. The van der Waals surface area contributed by atoms with Gasteiger partial charge in [0, 0.05) is 20.2 Å². The molecule has 0 fully saturated rings. The van der Waals surface area contributed by atoms with Gasteiger partial charge in [0.15, 0.2) is 0 Å². The van der Waals surface area contributed by atoms with E-state index >= 15 is 0 Å². The van der Waals surface area contributed by atoms with E-state index in [2.05, 4.69) is 56.4 Å². The van der Waals surface area contributed by atoms with Crippen molar-refractivity contribution in [2.24, 2.45) is 5.92 Å². The summed E-state index contributed by atoms with van der Waals surface area (Å²) in [5.74, 6) is 0.556. The highest BCUT2D eigenvalue weighted by atomic mass is 16.5. The number of aryl methyl sites for hydroxylation is 1. The van der Waals surface area contributed by atoms with Crippen LogP contribution in [-0.2, 0) is 4.74 Å². The molecule has 1 aromatic rings. The van der Waals surface area contributed by atoms with Crippen LogP contribution in [0, 0.1) is 12.8 Å². The molecule has 100 valence electrons. The fourth-order valence-corrected chi connectivity index (χ4v) is 1.80. The quantitative estimate of drug-likeness (QED) is 0.747. The molecule has 0 heterocycles. The molecular weight excluding hydrogens is 222 g/mol. The van der Waals surface area contributed by atoms with E-state index in [0.29, 0.717) is 5.92 Å². The van der Waals surface area contributed by atoms with Gasteiger partial charge in [-0.25, -0.2) is 0 Å². The Kier molecular flexibility index (Phi) is 6.69. The number of ether oxygens (including phenoxy) is 1. The van der Waals surface area contributed by atoms with Crippen LogP contribution in [0.5, 0.6) is 0 Å². The molecule has 0 saturated carbocycles. The summed E-state index contributed by atoms with van der Waals surface area (Å²) in [6.07, 6.45) is 2.29. The van der Waals surface area contributed by atoms with Gasteiger partial charge in [-0.05, 0) is 18.4 Å². The molecule has 1 N–H and O–H groups in total. The molecule has 0 bridgehead atoms. The minimum atomic E-state index is 0.556. The molecule has 0 aromatic heterocycles. The average molecular weight is 247 g/mol. The van der Waals surface area contributed by atoms with Crippen LogP contribution in [0.1, 0.15) is 25.0 Å². The second-order valence-corrected chi connectivity index (χ2v) is 4.96. The number of methoxy groups -OCH3 is 1. The third-order valence-electron chi connectivity index (χ3n) is 2.95. The number of hydrogen-bond donors (Lipinski definition) is 1. The highest BCUT2D eigenvalue weighted by Gasteiger charge is 2.03. The topological polar surface area (TPSA) is 21.3 Å². The van der Waals surface area contributed by atoms with Crippen molar-refractivity contribution in [2.75, 3.05) is 26.8 Å². The Labute approximate surface area is 111 Å². The van der Waals surface area contributed by atoms with Gasteiger partial charge in [0.2, 0.25) is 0 Å². The monoisotopic (exact) mass is 247 g/mol. The minimum absolute atomic E-state index is 0.556. The van der Waals surface area contributed by atoms with Crippen molar-refractivity contribution in [1.29, 1.82) is 0 Å². The zero-order valence-electron chi connectivity index (χ0n) is 12.0. The second-order valence-electron chi connectivity index (χ2n) is 4.96. The highest BCUT2D eigenvalue weighted by Crippen LogP contribution is 2.15. The predicted octanol–water partition coefficient (Wildman–Crippen LogP) is 3.27. The standard InChI is InChI=1S/C16H25NO/c1-13(2)16(12-17-8-9-18-4)11-15-7-5-6-14(3)10-15/h5-7,10-11,13,17H,8-9,12H2,1-4H3. The van der Waals surface area contributed by atoms with Crippen molar-refractivity contribution in [3.8, 4) is 0 Å². The van der Waals surface area contributed by atoms with Crippen molar-refractivity contribution in [2.45, 2.75) is 20.8 Å². The van der Waals surface area contributed by atoms with E-state index in [9.17, 15) is 0 Å². The molecule has 1 aromatic carbocycles. The molecule has 0 amide bonds. The highest BCUT2D eigenvalue weighted by molar-refractivity contribution is 5.54. The van der Waals surface area contributed by atoms with E-state index in [4.69, 9.17) is 4.74 Å². The van der Waals surface area contributed by atoms with Crippen molar-refractivity contribution >= 4 is 6.08 Å². The van der Waals surface area contributed by atoms with E-state index in [0.717, 1.165) is 19.7 Å². The van der Waals surface area contributed by atoms with Crippen LogP contribution in [0.4, 0.5) is 0 Å². The first-order valence-electron chi connectivity index (χ1n) is 6.60. The number of rotatable bonds is 7. The maximum atomic E-state index is 5.04. The molecule has 0 aliphatic carbocycles. The molecule has 0 aliphatic rings. The molecule has 1 rings (SSSR count). The summed E-state index contributed by atoms with van der Waals surface area (Å²) in [4.78, 5) is 0. The summed E-state index contributed by atoms with van der Waals surface area (Å²) < 4.78 is 5.04. The summed E-state index contributed by atoms with van der Waals surface area (Å²) in [6.45, 7) is 9.18. The van der Waals surface area contributed by atoms with Crippen LogP contribution < -0.4 is 5.32 Å². The Hall–Kier alpha value is -1.12. The van der Waals surface area contributed by atoms with Crippen LogP contribution in [0.25, 0.3) is 6.08 Å². The van der Waals surface area contributed by atoms with E-state index in [1.54, 1.807) is 7.11 Å².